The van der Waals surface area contributed by atoms with Crippen molar-refractivity contribution in [2.45, 2.75) is 38.0 Å². The number of aromatic hydroxyl groups is 1. The molecular formula is C24H27N3O8S. The van der Waals surface area contributed by atoms with E-state index in [9.17, 15) is 39.9 Å². The zero-order valence-electron chi connectivity index (χ0n) is 20.0. The summed E-state index contributed by atoms with van der Waals surface area (Å²) in [6.07, 6.45) is -1.64. The number of aryl methyl sites for hydroxylation is 1. The molecule has 11 nitrogen and oxygen atoms in total. The summed E-state index contributed by atoms with van der Waals surface area (Å²) in [7, 11) is 2.91. The van der Waals surface area contributed by atoms with Crippen LogP contribution in [0.5, 0.6) is 5.75 Å². The van der Waals surface area contributed by atoms with Crippen molar-refractivity contribution >= 4 is 46.1 Å². The molecule has 0 aromatic heterocycles. The predicted molar refractivity (Wildman–Crippen MR) is 132 cm³/mol. The van der Waals surface area contributed by atoms with Gasteiger partial charge in [0.2, 0.25) is 5.78 Å². The van der Waals surface area contributed by atoms with Crippen LogP contribution in [0.3, 0.4) is 0 Å². The first-order valence-corrected chi connectivity index (χ1v) is 11.5. The summed E-state index contributed by atoms with van der Waals surface area (Å²) in [5.41, 5.74) is 2.12. The number of carbonyl (C=O) groups excluding carboxylic acids is 3. The second kappa shape index (κ2) is 8.37. The summed E-state index contributed by atoms with van der Waals surface area (Å²) < 4.78 is 0. The van der Waals surface area contributed by atoms with E-state index in [4.69, 9.17) is 18.0 Å². The van der Waals surface area contributed by atoms with Gasteiger partial charge in [-0.2, -0.15) is 0 Å². The van der Waals surface area contributed by atoms with Crippen LogP contribution >= 0.6 is 12.2 Å². The fraction of sp³-hybridized carbons (Fsp3) is 0.417. The lowest BCUT2D eigenvalue weighted by molar-refractivity contribution is -0.168. The number of likely N-dealkylation sites (N-methyl/N-ethyl adjacent to an activating group) is 1. The Morgan fingerprint density at radius 2 is 1.86 bits per heavy atom. The Morgan fingerprint density at radius 1 is 1.25 bits per heavy atom. The third-order valence-electron chi connectivity index (χ3n) is 7.34. The molecule has 1 amide bonds. The molecule has 4 rings (SSSR count). The van der Waals surface area contributed by atoms with Gasteiger partial charge < -0.3 is 36.6 Å². The number of amides is 1. The number of thiocarbonyl (C=S) groups is 1. The zero-order chi connectivity index (χ0) is 27.0. The molecule has 192 valence electrons. The van der Waals surface area contributed by atoms with Gasteiger partial charge in [-0.1, -0.05) is 12.2 Å². The summed E-state index contributed by atoms with van der Waals surface area (Å²) in [6, 6.07) is 0.222. The van der Waals surface area contributed by atoms with Gasteiger partial charge in [0.25, 0.3) is 5.91 Å². The number of rotatable bonds is 3. The van der Waals surface area contributed by atoms with Crippen molar-refractivity contribution in [3.63, 3.8) is 0 Å². The number of ketones is 2. The molecule has 2 unspecified atom stereocenters. The fourth-order valence-corrected chi connectivity index (χ4v) is 5.91. The zero-order valence-corrected chi connectivity index (χ0v) is 20.8. The number of benzene rings is 1. The maximum Gasteiger partial charge on any atom is 0.255 e. The van der Waals surface area contributed by atoms with Crippen molar-refractivity contribution in [3.05, 3.63) is 39.7 Å². The molecule has 1 saturated carbocycles. The number of primary amides is 1. The smallest absolute Gasteiger partial charge is 0.255 e. The van der Waals surface area contributed by atoms with Gasteiger partial charge in [0.1, 0.15) is 22.8 Å². The minimum absolute atomic E-state index is 0.0219. The summed E-state index contributed by atoms with van der Waals surface area (Å²) in [4.78, 5) is 40.6. The topological polar surface area (TPSA) is 194 Å². The monoisotopic (exact) mass is 517 g/mol. The Morgan fingerprint density at radius 3 is 2.39 bits per heavy atom. The Hall–Kier alpha value is -3.32. The molecule has 0 radical (unpaired) electrons. The van der Waals surface area contributed by atoms with Crippen LogP contribution in [0.15, 0.2) is 23.0 Å². The Labute approximate surface area is 211 Å². The van der Waals surface area contributed by atoms with E-state index in [0.29, 0.717) is 16.1 Å². The van der Waals surface area contributed by atoms with E-state index in [0.717, 1.165) is 0 Å². The van der Waals surface area contributed by atoms with Crippen molar-refractivity contribution in [1.82, 2.24) is 4.90 Å². The molecule has 0 spiro atoms. The number of Topliss-reactive ketones (excluding diaryl/α,β-unsaturated/α-hetero) is 2. The first-order valence-electron chi connectivity index (χ1n) is 11.1. The largest absolute Gasteiger partial charge is 0.508 e. The number of anilines is 1. The van der Waals surface area contributed by atoms with E-state index in [1.54, 1.807) is 19.9 Å². The van der Waals surface area contributed by atoms with Crippen molar-refractivity contribution in [3.8, 4) is 5.75 Å². The number of nitrogens with two attached hydrogens (primary N) is 1. The van der Waals surface area contributed by atoms with Gasteiger partial charge in [-0.15, -0.1) is 0 Å². The number of fused-ring (bicyclic) bond motifs is 3. The molecular weight excluding hydrogens is 490 g/mol. The second-order valence-electron chi connectivity index (χ2n) is 9.67. The van der Waals surface area contributed by atoms with Crippen LogP contribution in [-0.2, 0) is 20.8 Å². The van der Waals surface area contributed by atoms with Crippen LogP contribution in [-0.4, -0.2) is 84.7 Å². The average molecular weight is 518 g/mol. The van der Waals surface area contributed by atoms with E-state index < -0.39 is 75.5 Å². The van der Waals surface area contributed by atoms with Crippen molar-refractivity contribution in [2.24, 2.45) is 17.6 Å². The molecule has 12 heteroatoms. The summed E-state index contributed by atoms with van der Waals surface area (Å²) in [5.74, 6) is -8.54. The van der Waals surface area contributed by atoms with Gasteiger partial charge >= 0.3 is 0 Å². The number of hydrogen-bond acceptors (Lipinski definition) is 10. The molecule has 0 bridgehead atoms. The third-order valence-corrected chi connectivity index (χ3v) is 7.44. The lowest BCUT2D eigenvalue weighted by atomic mass is 9.56. The standard InChI is InChI=1S/C24H27N3O8S/c1-7-5-11(26-8(2)36)18(29)12-9(7)6-10-13(19(12)30)21(32)24(35)15(17(10)28)16(27(3)4)20(31)14(22(24)33)23(25)34/h5,10,15-17,28-30,33,35H,6H2,1-4H3,(H2,25,34)(H,26,36)/t10?,15?,16-,17-,24-/m0/s1. The maximum absolute atomic E-state index is 13.8. The Balaban J connectivity index is 2.02. The molecule has 0 saturated heterocycles. The normalized spacial score (nSPS) is 29.6. The van der Waals surface area contributed by atoms with Gasteiger partial charge in [-0.3, -0.25) is 19.3 Å². The van der Waals surface area contributed by atoms with E-state index in [1.807, 2.05) is 0 Å². The predicted octanol–water partition coefficient (Wildman–Crippen LogP) is 0.00242. The van der Waals surface area contributed by atoms with Crippen molar-refractivity contribution in [1.29, 1.82) is 0 Å². The number of nitrogens with zero attached hydrogens (tertiary/aromatic N) is 1. The molecule has 3 aliphatic carbocycles. The van der Waals surface area contributed by atoms with Crippen molar-refractivity contribution in [2.75, 3.05) is 19.4 Å². The number of nitrogens with one attached hydrogen (secondary N) is 1. The number of phenolic OH excluding ortho intramolecular Hbond substituents is 1. The van der Waals surface area contributed by atoms with Gasteiger partial charge in [-0.25, -0.2) is 0 Å². The fourth-order valence-electron chi connectivity index (χ4n) is 5.80. The molecule has 36 heavy (non-hydrogen) atoms. The molecule has 1 aromatic rings. The van der Waals surface area contributed by atoms with E-state index in [-0.39, 0.29) is 17.7 Å². The molecule has 3 aliphatic rings. The summed E-state index contributed by atoms with van der Waals surface area (Å²) in [5, 5.41) is 58.9. The lowest BCUT2D eigenvalue weighted by Gasteiger charge is -2.52. The molecule has 1 aromatic carbocycles. The maximum atomic E-state index is 13.8. The number of aliphatic hydroxyl groups excluding tert-OH is 3. The second-order valence-corrected chi connectivity index (χ2v) is 10.3. The highest BCUT2D eigenvalue weighted by Crippen LogP contribution is 2.53. The molecule has 8 N–H and O–H groups in total. The minimum Gasteiger partial charge on any atom is -0.508 e. The molecule has 0 aliphatic heterocycles. The summed E-state index contributed by atoms with van der Waals surface area (Å²) >= 11 is 5.04. The Kier molecular flexibility index (Phi) is 5.99. The van der Waals surface area contributed by atoms with Gasteiger partial charge in [0.05, 0.1) is 34.3 Å². The average Bonchev–Trinajstić information content (AvgIpc) is 2.76. The van der Waals surface area contributed by atoms with Crippen LogP contribution in [0.2, 0.25) is 0 Å². The highest BCUT2D eigenvalue weighted by Gasteiger charge is 2.67. The minimum atomic E-state index is -2.94. The van der Waals surface area contributed by atoms with Crippen LogP contribution in [0.4, 0.5) is 5.69 Å². The van der Waals surface area contributed by atoms with E-state index in [2.05, 4.69) is 5.32 Å². The van der Waals surface area contributed by atoms with Crippen LogP contribution in [0.25, 0.3) is 5.76 Å². The van der Waals surface area contributed by atoms with Crippen LogP contribution < -0.4 is 11.1 Å². The Bertz CT molecular complexity index is 1320. The highest BCUT2D eigenvalue weighted by molar-refractivity contribution is 7.80. The van der Waals surface area contributed by atoms with E-state index in [1.165, 1.54) is 19.0 Å². The number of hydrogen-bond donors (Lipinski definition) is 7. The number of aliphatic hydroxyl groups is 4. The summed E-state index contributed by atoms with van der Waals surface area (Å²) in [6.45, 7) is 3.31. The van der Waals surface area contributed by atoms with Crippen LogP contribution in [0.1, 0.15) is 23.6 Å². The molecule has 0 heterocycles. The number of phenols is 1. The SMILES string of the molecule is CC(=S)Nc1cc(C)c2c(c1O)C(O)=C1C(=O)[C@]3(O)C(O)=C(C(N)=O)C(=O)[C@@H](N(C)C)C3[C@@H](O)C1C2. The lowest BCUT2D eigenvalue weighted by Crippen LogP contribution is -2.70. The highest BCUT2D eigenvalue weighted by atomic mass is 32.1. The van der Waals surface area contributed by atoms with Crippen molar-refractivity contribution < 1.29 is 39.9 Å². The van der Waals surface area contributed by atoms with Crippen LogP contribution in [0, 0.1) is 18.8 Å². The quantitative estimate of drug-likeness (QED) is 0.162. The van der Waals surface area contributed by atoms with Gasteiger partial charge in [0, 0.05) is 11.5 Å². The van der Waals surface area contributed by atoms with E-state index >= 15 is 0 Å². The molecule has 1 fully saturated rings. The first kappa shape index (κ1) is 25.8. The number of carbonyl (C=O) groups is 3. The van der Waals surface area contributed by atoms with Gasteiger partial charge in [-0.05, 0) is 51.6 Å². The first-order chi connectivity index (χ1) is 16.7. The van der Waals surface area contributed by atoms with Gasteiger partial charge in [0.15, 0.2) is 11.4 Å². The third kappa shape index (κ3) is 3.29. The molecule has 5 atom stereocenters.